The van der Waals surface area contributed by atoms with Gasteiger partial charge < -0.3 is 14.4 Å². The number of nitrogens with zero attached hydrogens (tertiary/aromatic N) is 1. The summed E-state index contributed by atoms with van der Waals surface area (Å²) < 4.78 is 9.70. The molecule has 0 aromatic carbocycles. The minimum atomic E-state index is -0.354. The minimum Gasteiger partial charge on any atom is -0.466 e. The molecule has 0 rings (SSSR count). The molecule has 1 amide bonds. The molecule has 5 nitrogen and oxygen atoms in total. The Morgan fingerprint density at radius 2 is 1.93 bits per heavy atom. The first-order chi connectivity index (χ1) is 6.93. The van der Waals surface area contributed by atoms with Crippen LogP contribution in [0.1, 0.15) is 27.2 Å². The Hall–Kier alpha value is -1.26. The van der Waals surface area contributed by atoms with Crippen molar-refractivity contribution >= 4 is 12.1 Å². The van der Waals surface area contributed by atoms with E-state index in [1.165, 1.54) is 11.8 Å². The summed E-state index contributed by atoms with van der Waals surface area (Å²) in [4.78, 5) is 23.2. The fourth-order valence-electron chi connectivity index (χ4n) is 0.901. The molecule has 0 spiro atoms. The summed E-state index contributed by atoms with van der Waals surface area (Å²) in [6, 6.07) is 0. The van der Waals surface area contributed by atoms with Gasteiger partial charge in [0.15, 0.2) is 0 Å². The summed E-state index contributed by atoms with van der Waals surface area (Å²) in [6.45, 7) is 5.79. The van der Waals surface area contributed by atoms with E-state index in [4.69, 9.17) is 9.47 Å². The number of esters is 1. The molecule has 0 aliphatic heterocycles. The van der Waals surface area contributed by atoms with Gasteiger partial charge in [0.25, 0.3) is 0 Å². The summed E-state index contributed by atoms with van der Waals surface area (Å²) in [5, 5.41) is 0. The van der Waals surface area contributed by atoms with Crippen LogP contribution in [0.25, 0.3) is 0 Å². The van der Waals surface area contributed by atoms with Crippen LogP contribution in [0.3, 0.4) is 0 Å². The van der Waals surface area contributed by atoms with Gasteiger partial charge in [-0.05, 0) is 20.3 Å². The van der Waals surface area contributed by atoms with Crippen molar-refractivity contribution < 1.29 is 19.1 Å². The lowest BCUT2D eigenvalue weighted by molar-refractivity contribution is -0.141. The van der Waals surface area contributed by atoms with Gasteiger partial charge in [-0.15, -0.1) is 0 Å². The van der Waals surface area contributed by atoms with Gasteiger partial charge in [-0.25, -0.2) is 4.79 Å². The largest absolute Gasteiger partial charge is 0.466 e. The van der Waals surface area contributed by atoms with Crippen LogP contribution in [0, 0.1) is 0 Å². The van der Waals surface area contributed by atoms with E-state index in [0.717, 1.165) is 0 Å². The van der Waals surface area contributed by atoms with Crippen LogP contribution in [-0.2, 0) is 14.3 Å². The summed E-state index contributed by atoms with van der Waals surface area (Å²) in [6.07, 6.45) is 0.143. The van der Waals surface area contributed by atoms with Crippen LogP contribution in [0.5, 0.6) is 0 Å². The molecule has 0 radical (unpaired) electrons. The van der Waals surface area contributed by atoms with Crippen molar-refractivity contribution in [2.24, 2.45) is 0 Å². The van der Waals surface area contributed by atoms with E-state index in [2.05, 4.69) is 0 Å². The molecule has 88 valence electrons. The second-order valence-electron chi connectivity index (χ2n) is 3.55. The van der Waals surface area contributed by atoms with E-state index < -0.39 is 0 Å². The molecule has 0 bridgehead atoms. The van der Waals surface area contributed by atoms with Gasteiger partial charge in [-0.2, -0.15) is 0 Å². The van der Waals surface area contributed by atoms with Crippen molar-refractivity contribution in [2.75, 3.05) is 20.2 Å². The summed E-state index contributed by atoms with van der Waals surface area (Å²) in [7, 11) is 1.65. The van der Waals surface area contributed by atoms with E-state index in [0.29, 0.717) is 19.6 Å². The maximum atomic E-state index is 11.3. The summed E-state index contributed by atoms with van der Waals surface area (Å²) in [5.41, 5.74) is 0. The summed E-state index contributed by atoms with van der Waals surface area (Å²) >= 11 is 0. The lowest BCUT2D eigenvalue weighted by Crippen LogP contribution is -2.30. The molecule has 0 saturated heterocycles. The van der Waals surface area contributed by atoms with Gasteiger partial charge in [0.1, 0.15) is 0 Å². The monoisotopic (exact) mass is 217 g/mol. The van der Waals surface area contributed by atoms with Crippen molar-refractivity contribution in [3.8, 4) is 0 Å². The topological polar surface area (TPSA) is 55.8 Å². The third kappa shape index (κ3) is 7.78. The normalized spacial score (nSPS) is 9.93. The molecule has 0 aliphatic rings. The first-order valence-electron chi connectivity index (χ1n) is 4.98. The highest BCUT2D eigenvalue weighted by atomic mass is 16.6. The van der Waals surface area contributed by atoms with E-state index in [-0.39, 0.29) is 18.2 Å². The molecule has 5 heteroatoms. The Balaban J connectivity index is 3.60. The zero-order chi connectivity index (χ0) is 11.8. The maximum absolute atomic E-state index is 11.3. The third-order valence-electron chi connectivity index (χ3n) is 1.59. The molecule has 0 aliphatic carbocycles. The molecular weight excluding hydrogens is 198 g/mol. The molecule has 0 aromatic heterocycles. The van der Waals surface area contributed by atoms with Crippen LogP contribution in [0.2, 0.25) is 0 Å². The van der Waals surface area contributed by atoms with Crippen LogP contribution in [0.15, 0.2) is 0 Å². The number of amides is 1. The number of rotatable bonds is 5. The van der Waals surface area contributed by atoms with Gasteiger partial charge in [-0.3, -0.25) is 4.79 Å². The molecule has 0 aromatic rings. The van der Waals surface area contributed by atoms with Crippen molar-refractivity contribution in [1.29, 1.82) is 0 Å². The van der Waals surface area contributed by atoms with Gasteiger partial charge in [-0.1, -0.05) is 0 Å². The van der Waals surface area contributed by atoms with Crippen molar-refractivity contribution in [3.05, 3.63) is 0 Å². The van der Waals surface area contributed by atoms with Gasteiger partial charge in [0.05, 0.1) is 12.7 Å². The van der Waals surface area contributed by atoms with E-state index in [1.807, 2.05) is 0 Å². The molecule has 15 heavy (non-hydrogen) atoms. The van der Waals surface area contributed by atoms with Crippen LogP contribution >= 0.6 is 0 Å². The Morgan fingerprint density at radius 1 is 1.33 bits per heavy atom. The van der Waals surface area contributed by atoms with Gasteiger partial charge in [0, 0.05) is 20.5 Å². The molecule has 0 atom stereocenters. The first-order valence-corrected chi connectivity index (χ1v) is 4.98. The van der Waals surface area contributed by atoms with E-state index in [1.54, 1.807) is 20.9 Å². The average molecular weight is 217 g/mol. The maximum Gasteiger partial charge on any atom is 0.409 e. The predicted molar refractivity (Wildman–Crippen MR) is 55.5 cm³/mol. The highest BCUT2D eigenvalue weighted by molar-refractivity contribution is 5.67. The fourth-order valence-corrected chi connectivity index (χ4v) is 0.901. The fraction of sp³-hybridized carbons (Fsp3) is 0.800. The number of hydrogen-bond donors (Lipinski definition) is 0. The first kappa shape index (κ1) is 13.7. The van der Waals surface area contributed by atoms with E-state index >= 15 is 0 Å². The Morgan fingerprint density at radius 3 is 2.40 bits per heavy atom. The zero-order valence-corrected chi connectivity index (χ0v) is 9.78. The van der Waals surface area contributed by atoms with E-state index in [9.17, 15) is 9.59 Å². The molecule has 0 heterocycles. The van der Waals surface area contributed by atoms with Gasteiger partial charge >= 0.3 is 12.1 Å². The quantitative estimate of drug-likeness (QED) is 0.516. The van der Waals surface area contributed by atoms with Crippen LogP contribution < -0.4 is 0 Å². The highest BCUT2D eigenvalue weighted by Gasteiger charge is 2.10. The molecule has 0 unspecified atom stereocenters. The van der Waals surface area contributed by atoms with Gasteiger partial charge in [0.2, 0.25) is 0 Å². The Labute approximate surface area is 90.3 Å². The van der Waals surface area contributed by atoms with Crippen molar-refractivity contribution in [1.82, 2.24) is 4.90 Å². The highest BCUT2D eigenvalue weighted by Crippen LogP contribution is 1.97. The molecule has 0 saturated carbocycles. The number of ether oxygens (including phenoxy) is 2. The number of carbonyl (C=O) groups excluding carboxylic acids is 2. The predicted octanol–water partition coefficient (Wildman–Crippen LogP) is 1.42. The standard InChI is InChI=1S/C10H19NO4/c1-8(2)15-10(13)11(4)6-5-7-14-9(3)12/h8H,5-7H2,1-4H3. The summed E-state index contributed by atoms with van der Waals surface area (Å²) in [5.74, 6) is -0.303. The SMILES string of the molecule is CC(=O)OCCCN(C)C(=O)OC(C)C. The Kier molecular flexibility index (Phi) is 6.49. The second-order valence-corrected chi connectivity index (χ2v) is 3.55. The molecule has 0 fully saturated rings. The van der Waals surface area contributed by atoms with Crippen LogP contribution in [-0.4, -0.2) is 43.3 Å². The minimum absolute atomic E-state index is 0.117. The lowest BCUT2D eigenvalue weighted by Gasteiger charge is -2.18. The van der Waals surface area contributed by atoms with Crippen molar-refractivity contribution in [2.45, 2.75) is 33.3 Å². The van der Waals surface area contributed by atoms with Crippen LogP contribution in [0.4, 0.5) is 4.79 Å². The second kappa shape index (κ2) is 7.09. The third-order valence-corrected chi connectivity index (χ3v) is 1.59. The molecule has 0 N–H and O–H groups in total. The lowest BCUT2D eigenvalue weighted by atomic mass is 10.4. The Bertz CT molecular complexity index is 215. The average Bonchev–Trinajstić information content (AvgIpc) is 2.10. The number of hydrogen-bond acceptors (Lipinski definition) is 4. The number of carbonyl (C=O) groups is 2. The van der Waals surface area contributed by atoms with Crippen molar-refractivity contribution in [3.63, 3.8) is 0 Å². The molecular formula is C10H19NO4. The smallest absolute Gasteiger partial charge is 0.409 e. The zero-order valence-electron chi connectivity index (χ0n) is 9.78.